The number of nitrogens with two attached hydrogens (primary N) is 1. The van der Waals surface area contributed by atoms with Crippen molar-refractivity contribution >= 4 is 56.3 Å². The number of nitrogens with one attached hydrogen (secondary N) is 4. The lowest BCUT2D eigenvalue weighted by molar-refractivity contribution is -0.638. The van der Waals surface area contributed by atoms with Gasteiger partial charge in [-0.3, -0.25) is 19.0 Å². The Balaban J connectivity index is 1.23. The molecule has 20 heteroatoms. The topological polar surface area (TPSA) is 206 Å². The number of amides is 2. The molecule has 0 saturated heterocycles. The van der Waals surface area contributed by atoms with E-state index in [-0.39, 0.29) is 58.0 Å². The largest absolute Gasteiger partial charge is 0.501 e. The summed E-state index contributed by atoms with van der Waals surface area (Å²) in [5, 5.41) is 27.7. The van der Waals surface area contributed by atoms with Crippen LogP contribution in [0.2, 0.25) is 5.15 Å². The number of anilines is 4. The maximum absolute atomic E-state index is 13.7. The summed E-state index contributed by atoms with van der Waals surface area (Å²) in [6, 6.07) is 8.73. The van der Waals surface area contributed by atoms with Gasteiger partial charge in [0, 0.05) is 36.8 Å². The van der Waals surface area contributed by atoms with Gasteiger partial charge in [-0.15, -0.1) is 5.43 Å². The molecular weight excluding hydrogens is 727 g/mol. The van der Waals surface area contributed by atoms with E-state index in [9.17, 15) is 36.4 Å². The maximum atomic E-state index is 13.7. The highest BCUT2D eigenvalue weighted by Crippen LogP contribution is 2.42. The van der Waals surface area contributed by atoms with Gasteiger partial charge in [0.15, 0.2) is 11.6 Å². The molecule has 15 nitrogen and oxygen atoms in total. The number of hydrogen-bond acceptors (Lipinski definition) is 10. The van der Waals surface area contributed by atoms with Crippen molar-refractivity contribution in [1.29, 1.82) is 5.26 Å². The Morgan fingerprint density at radius 1 is 1.00 bits per heavy atom. The third-order valence-electron chi connectivity index (χ3n) is 8.82. The number of hydrogen-bond donors (Lipinski definition) is 5. The molecule has 2 aliphatic rings. The van der Waals surface area contributed by atoms with Gasteiger partial charge in [0.05, 0.1) is 35.2 Å². The zero-order valence-corrected chi connectivity index (χ0v) is 29.1. The Morgan fingerprint density at radius 3 is 2.13 bits per heavy atom. The second-order valence-electron chi connectivity index (χ2n) is 12.6. The molecule has 2 fully saturated rings. The van der Waals surface area contributed by atoms with Gasteiger partial charge in [0.1, 0.15) is 11.1 Å². The van der Waals surface area contributed by atoms with Crippen molar-refractivity contribution < 1.29 is 35.9 Å². The summed E-state index contributed by atoms with van der Waals surface area (Å²) in [4.78, 5) is 25.0. The van der Waals surface area contributed by atoms with Crippen molar-refractivity contribution in [3.05, 3.63) is 71.3 Å². The quantitative estimate of drug-likeness (QED) is 0.0857. The molecular formula is C32H34ClF3N11O4S+. The van der Waals surface area contributed by atoms with Crippen LogP contribution in [0.3, 0.4) is 0 Å². The van der Waals surface area contributed by atoms with Crippen LogP contribution in [0.5, 0.6) is 0 Å². The molecule has 2 saturated carbocycles. The first-order chi connectivity index (χ1) is 24.7. The average Bonchev–Trinajstić information content (AvgIpc) is 4.02. The molecule has 2 atom stereocenters. The van der Waals surface area contributed by atoms with Crippen LogP contribution in [-0.4, -0.2) is 58.9 Å². The number of benzene rings is 1. The molecule has 3 heterocycles. The van der Waals surface area contributed by atoms with Crippen LogP contribution in [0.15, 0.2) is 59.9 Å². The third kappa shape index (κ3) is 7.83. The van der Waals surface area contributed by atoms with Crippen LogP contribution in [0, 0.1) is 23.2 Å². The highest BCUT2D eigenvalue weighted by atomic mass is 35.5. The predicted molar refractivity (Wildman–Crippen MR) is 182 cm³/mol. The first kappa shape index (κ1) is 36.6. The van der Waals surface area contributed by atoms with Crippen molar-refractivity contribution in [3.63, 3.8) is 0 Å². The van der Waals surface area contributed by atoms with Crippen LogP contribution in [-0.2, 0) is 9.84 Å². The molecule has 0 spiro atoms. The minimum atomic E-state index is -5.56. The number of primary amides is 1. The molecule has 0 aliphatic heterocycles. The van der Waals surface area contributed by atoms with Gasteiger partial charge in [-0.05, 0) is 80.4 Å². The normalized spacial score (nSPS) is 15.8. The van der Waals surface area contributed by atoms with Crippen LogP contribution in [0.1, 0.15) is 64.9 Å². The standard InChI is InChI=1S/C32H33ClF3N11O4S/c1-39-15-26(19-4-5-19)47-16-23(28(38)48)29(42-47)41-21-11-13-45(27(33)14-21)44-31(49)24-17-46(25(10-12-37)18-2-3-18)43-30(24)40-20-6-8-22(9-7-20)52(50,51)32(34,35)36/h6-9,11,13-14,16-19,25-26,39H,2-5,10,15H2,1H3,(H4,38,40,43,44,48,49)/p+1. The first-order valence-corrected chi connectivity index (χ1v) is 18.0. The van der Waals surface area contributed by atoms with Gasteiger partial charge in [-0.25, -0.2) is 8.42 Å². The lowest BCUT2D eigenvalue weighted by Gasteiger charge is -2.16. The van der Waals surface area contributed by atoms with E-state index in [1.807, 2.05) is 7.05 Å². The third-order valence-corrected chi connectivity index (χ3v) is 10.6. The highest BCUT2D eigenvalue weighted by molar-refractivity contribution is 7.92. The second-order valence-corrected chi connectivity index (χ2v) is 14.9. The molecule has 6 N–H and O–H groups in total. The minimum Gasteiger partial charge on any atom is -0.365 e. The molecule has 4 aromatic rings. The molecule has 0 radical (unpaired) electrons. The van der Waals surface area contributed by atoms with Gasteiger partial charge in [0.2, 0.25) is 6.20 Å². The van der Waals surface area contributed by atoms with Crippen LogP contribution in [0.25, 0.3) is 0 Å². The Hall–Kier alpha value is -5.19. The van der Waals surface area contributed by atoms with Gasteiger partial charge in [-0.2, -0.15) is 28.6 Å². The van der Waals surface area contributed by atoms with E-state index >= 15 is 0 Å². The fourth-order valence-corrected chi connectivity index (χ4v) is 6.78. The molecule has 2 unspecified atom stereocenters. The number of rotatable bonds is 15. The number of alkyl halides is 3. The predicted octanol–water partition coefficient (Wildman–Crippen LogP) is 4.32. The number of likely N-dealkylation sites (N-methyl/N-ethyl adjacent to an activating group) is 1. The molecule has 0 bridgehead atoms. The van der Waals surface area contributed by atoms with Crippen molar-refractivity contribution in [2.75, 3.05) is 29.7 Å². The first-order valence-electron chi connectivity index (χ1n) is 16.2. The van der Waals surface area contributed by atoms with E-state index in [1.54, 1.807) is 16.9 Å². The lowest BCUT2D eigenvalue weighted by atomic mass is 10.1. The number of pyridine rings is 1. The van der Waals surface area contributed by atoms with Gasteiger partial charge in [0.25, 0.3) is 15.7 Å². The van der Waals surface area contributed by atoms with E-state index in [0.29, 0.717) is 18.2 Å². The number of nitrogens with zero attached hydrogens (tertiary/aromatic N) is 6. The zero-order chi connectivity index (χ0) is 37.4. The van der Waals surface area contributed by atoms with Crippen LogP contribution in [0.4, 0.5) is 36.2 Å². The molecule has 2 amide bonds. The average molecular weight is 761 g/mol. The monoisotopic (exact) mass is 760 g/mol. The van der Waals surface area contributed by atoms with Gasteiger partial charge < -0.3 is 21.7 Å². The number of nitriles is 1. The van der Waals surface area contributed by atoms with E-state index in [2.05, 4.69) is 37.6 Å². The second kappa shape index (κ2) is 14.4. The Morgan fingerprint density at radius 2 is 1.58 bits per heavy atom. The SMILES string of the molecule is CNCC(C1CC1)n1cc(C(N)=O)c(Nc2cc[n+](NC(=O)c3cn(C(CC#N)C4CC4)nc3Nc3ccc(S(=O)(=O)C(F)(F)F)cc3)c(Cl)c2)n1. The molecule has 2 aliphatic carbocycles. The summed E-state index contributed by atoms with van der Waals surface area (Å²) in [5.41, 5.74) is 3.62. The molecule has 1 aromatic carbocycles. The van der Waals surface area contributed by atoms with Crippen LogP contribution < -0.4 is 31.8 Å². The number of aromatic nitrogens is 5. The summed E-state index contributed by atoms with van der Waals surface area (Å²) in [7, 11) is -3.72. The van der Waals surface area contributed by atoms with E-state index in [1.165, 1.54) is 27.8 Å². The number of carbonyl (C=O) groups excluding carboxylic acids is 2. The van der Waals surface area contributed by atoms with Crippen molar-refractivity contribution in [2.24, 2.45) is 17.6 Å². The summed E-state index contributed by atoms with van der Waals surface area (Å²) in [5.74, 6) is -0.506. The minimum absolute atomic E-state index is 0.000120. The molecule has 6 rings (SSSR count). The lowest BCUT2D eigenvalue weighted by Crippen LogP contribution is -2.49. The van der Waals surface area contributed by atoms with Crippen molar-refractivity contribution in [1.82, 2.24) is 24.9 Å². The summed E-state index contributed by atoms with van der Waals surface area (Å²) < 4.78 is 67.2. The fourth-order valence-electron chi connectivity index (χ4n) is 5.81. The zero-order valence-electron chi connectivity index (χ0n) is 27.6. The van der Waals surface area contributed by atoms with Gasteiger partial charge >= 0.3 is 16.6 Å². The molecule has 52 heavy (non-hydrogen) atoms. The Kier molecular flexibility index (Phi) is 10.2. The van der Waals surface area contributed by atoms with E-state index in [0.717, 1.165) is 49.9 Å². The van der Waals surface area contributed by atoms with E-state index < -0.39 is 32.1 Å². The van der Waals surface area contributed by atoms with Crippen molar-refractivity contribution in [2.45, 2.75) is 54.6 Å². The summed E-state index contributed by atoms with van der Waals surface area (Å²) in [6.45, 7) is 0.662. The maximum Gasteiger partial charge on any atom is 0.501 e. The van der Waals surface area contributed by atoms with Crippen molar-refractivity contribution in [3.8, 4) is 6.07 Å². The molecule has 3 aromatic heterocycles. The number of halogens is 4. The number of carbonyl (C=O) groups is 2. The van der Waals surface area contributed by atoms with Gasteiger partial charge in [-0.1, -0.05) is 4.68 Å². The van der Waals surface area contributed by atoms with Crippen LogP contribution >= 0.6 is 11.6 Å². The fraction of sp³-hybridized carbons (Fsp3) is 0.375. The smallest absolute Gasteiger partial charge is 0.365 e. The Bertz CT molecular complexity index is 2140. The number of sulfone groups is 1. The summed E-state index contributed by atoms with van der Waals surface area (Å²) in [6.07, 6.45) is 8.51. The Labute approximate surface area is 300 Å². The molecule has 274 valence electrons. The summed E-state index contributed by atoms with van der Waals surface area (Å²) >= 11 is 6.56. The van der Waals surface area contributed by atoms with E-state index in [4.69, 9.17) is 17.3 Å². The highest BCUT2D eigenvalue weighted by Gasteiger charge is 2.46.